The average molecular weight is 367 g/mol. The Kier molecular flexibility index (Phi) is 5.42. The minimum absolute atomic E-state index is 0.531. The van der Waals surface area contributed by atoms with Gasteiger partial charge >= 0.3 is 0 Å². The zero-order valence-electron chi connectivity index (χ0n) is 15.5. The van der Waals surface area contributed by atoms with E-state index in [1.807, 2.05) is 18.2 Å². The normalized spacial score (nSPS) is 26.3. The Bertz CT molecular complexity index is 709. The summed E-state index contributed by atoms with van der Waals surface area (Å²) in [4.78, 5) is 2.35. The van der Waals surface area contributed by atoms with Crippen molar-refractivity contribution >= 4 is 15.7 Å². The first-order valence-electron chi connectivity index (χ1n) is 9.25. The molecule has 25 heavy (non-hydrogen) atoms. The molecule has 0 aromatic heterocycles. The van der Waals surface area contributed by atoms with Gasteiger partial charge in [-0.2, -0.15) is 0 Å². The smallest absolute Gasteiger partial charge is 0.232 e. The van der Waals surface area contributed by atoms with Gasteiger partial charge in [-0.05, 0) is 48.3 Å². The Balaban J connectivity index is 1.75. The van der Waals surface area contributed by atoms with Gasteiger partial charge in [0.25, 0.3) is 0 Å². The number of anilines is 1. The number of rotatable bonds is 4. The summed E-state index contributed by atoms with van der Waals surface area (Å²) in [6, 6.07) is 5.73. The molecule has 1 N–H and O–H groups in total. The van der Waals surface area contributed by atoms with Gasteiger partial charge in [0.05, 0.1) is 18.0 Å². The third-order valence-corrected chi connectivity index (χ3v) is 6.52. The molecule has 0 saturated carbocycles. The van der Waals surface area contributed by atoms with Crippen LogP contribution in [0.3, 0.4) is 0 Å². The van der Waals surface area contributed by atoms with E-state index in [1.165, 1.54) is 17.0 Å². The molecule has 1 aromatic rings. The molecule has 0 amide bonds. The lowest BCUT2D eigenvalue weighted by Crippen LogP contribution is -2.40. The third-order valence-electron chi connectivity index (χ3n) is 5.34. The molecule has 1 saturated heterocycles. The Morgan fingerprint density at radius 3 is 2.56 bits per heavy atom. The van der Waals surface area contributed by atoms with E-state index in [9.17, 15) is 13.5 Å². The van der Waals surface area contributed by atoms with Gasteiger partial charge in [0.15, 0.2) is 0 Å². The second-order valence-electron chi connectivity index (χ2n) is 8.01. The van der Waals surface area contributed by atoms with Crippen molar-refractivity contribution < 1.29 is 13.5 Å². The van der Waals surface area contributed by atoms with E-state index in [-0.39, 0.29) is 0 Å². The molecule has 6 heteroatoms. The van der Waals surface area contributed by atoms with Crippen LogP contribution >= 0.6 is 0 Å². The minimum atomic E-state index is -3.24. The van der Waals surface area contributed by atoms with Gasteiger partial charge in [-0.25, -0.2) is 8.42 Å². The zero-order valence-corrected chi connectivity index (χ0v) is 16.3. The van der Waals surface area contributed by atoms with Gasteiger partial charge in [0, 0.05) is 26.2 Å². The van der Waals surface area contributed by atoms with Crippen molar-refractivity contribution in [1.82, 2.24) is 4.90 Å². The van der Waals surface area contributed by atoms with Crippen LogP contribution in [0.4, 0.5) is 5.69 Å². The van der Waals surface area contributed by atoms with E-state index in [0.717, 1.165) is 42.7 Å². The van der Waals surface area contributed by atoms with Crippen molar-refractivity contribution in [2.24, 2.45) is 11.8 Å². The summed E-state index contributed by atoms with van der Waals surface area (Å²) in [7, 11) is -3.24. The molecule has 5 nitrogen and oxygen atoms in total. The van der Waals surface area contributed by atoms with E-state index in [2.05, 4.69) is 18.7 Å². The fraction of sp³-hybridized carbons (Fsp3) is 0.684. The lowest BCUT2D eigenvalue weighted by atomic mass is 9.91. The average Bonchev–Trinajstić information content (AvgIpc) is 2.51. The fourth-order valence-corrected chi connectivity index (χ4v) is 5.42. The van der Waals surface area contributed by atoms with Gasteiger partial charge < -0.3 is 5.11 Å². The summed E-state index contributed by atoms with van der Waals surface area (Å²) in [6.07, 6.45) is 3.66. The highest BCUT2D eigenvalue weighted by atomic mass is 32.2. The molecule has 3 rings (SSSR count). The van der Waals surface area contributed by atoms with Crippen molar-refractivity contribution in [1.29, 1.82) is 0 Å². The summed E-state index contributed by atoms with van der Waals surface area (Å²) in [6.45, 7) is 7.80. The molecule has 1 fully saturated rings. The maximum absolute atomic E-state index is 12.0. The first-order chi connectivity index (χ1) is 11.7. The summed E-state index contributed by atoms with van der Waals surface area (Å²) in [5.74, 6) is 1.34. The fourth-order valence-electron chi connectivity index (χ4n) is 4.43. The Morgan fingerprint density at radius 1 is 1.24 bits per heavy atom. The monoisotopic (exact) mass is 366 g/mol. The minimum Gasteiger partial charge on any atom is -0.387 e. The number of likely N-dealkylation sites (tertiary alicyclic amines) is 1. The van der Waals surface area contributed by atoms with Crippen LogP contribution in [0.15, 0.2) is 18.2 Å². The van der Waals surface area contributed by atoms with Gasteiger partial charge in [-0.1, -0.05) is 26.0 Å². The van der Waals surface area contributed by atoms with E-state index >= 15 is 0 Å². The third kappa shape index (κ3) is 4.36. The van der Waals surface area contributed by atoms with E-state index in [0.29, 0.717) is 24.9 Å². The number of β-amino-alcohol motifs (C(OH)–C–C–N with tert-alkyl or cyclic N) is 1. The number of fused-ring (bicyclic) bond motifs is 1. The summed E-state index contributed by atoms with van der Waals surface area (Å²) in [5.41, 5.74) is 2.68. The molecule has 1 aromatic carbocycles. The largest absolute Gasteiger partial charge is 0.387 e. The maximum Gasteiger partial charge on any atom is 0.232 e. The number of sulfonamides is 1. The van der Waals surface area contributed by atoms with Crippen molar-refractivity contribution in [3.63, 3.8) is 0 Å². The molecule has 0 unspecified atom stereocenters. The van der Waals surface area contributed by atoms with Crippen LogP contribution in [0, 0.1) is 11.8 Å². The molecule has 0 spiro atoms. The summed E-state index contributed by atoms with van der Waals surface area (Å²) < 4.78 is 25.4. The maximum atomic E-state index is 12.0. The topological polar surface area (TPSA) is 60.9 Å². The molecule has 2 aliphatic heterocycles. The highest BCUT2D eigenvalue weighted by Crippen LogP contribution is 2.32. The van der Waals surface area contributed by atoms with E-state index in [4.69, 9.17) is 0 Å². The number of hydrogen-bond acceptors (Lipinski definition) is 4. The van der Waals surface area contributed by atoms with Crippen molar-refractivity contribution in [3.05, 3.63) is 29.3 Å². The molecule has 2 heterocycles. The summed E-state index contributed by atoms with van der Waals surface area (Å²) >= 11 is 0. The Labute approximate surface area is 151 Å². The molecule has 0 aliphatic carbocycles. The lowest BCUT2D eigenvalue weighted by molar-refractivity contribution is 0.0699. The molecular formula is C19H30N2O3S. The van der Waals surface area contributed by atoms with Crippen LogP contribution in [-0.2, 0) is 16.4 Å². The van der Waals surface area contributed by atoms with Crippen LogP contribution in [0.5, 0.6) is 0 Å². The second kappa shape index (κ2) is 7.25. The summed E-state index contributed by atoms with van der Waals surface area (Å²) in [5, 5.41) is 10.7. The van der Waals surface area contributed by atoms with Gasteiger partial charge in [0.1, 0.15) is 0 Å². The highest BCUT2D eigenvalue weighted by molar-refractivity contribution is 7.92. The number of aliphatic hydroxyl groups is 1. The number of aliphatic hydroxyl groups excluding tert-OH is 1. The number of aryl methyl sites for hydroxylation is 1. The predicted octanol–water partition coefficient (Wildman–Crippen LogP) is 2.41. The van der Waals surface area contributed by atoms with Crippen LogP contribution in [0.1, 0.15) is 43.9 Å². The molecule has 2 aliphatic rings. The van der Waals surface area contributed by atoms with E-state index < -0.39 is 16.1 Å². The van der Waals surface area contributed by atoms with Crippen LogP contribution in [0.2, 0.25) is 0 Å². The SMILES string of the molecule is C[C@@H]1C[C@H](C)CN(C[C@H](O)c2ccc3c(c2)CCCN3S(C)(=O)=O)C1. The van der Waals surface area contributed by atoms with Crippen LogP contribution < -0.4 is 4.31 Å². The highest BCUT2D eigenvalue weighted by Gasteiger charge is 2.26. The molecule has 3 atom stereocenters. The number of piperidine rings is 1. The number of nitrogens with zero attached hydrogens (tertiary/aromatic N) is 2. The van der Waals surface area contributed by atoms with Crippen molar-refractivity contribution in [3.8, 4) is 0 Å². The first-order valence-corrected chi connectivity index (χ1v) is 11.1. The quantitative estimate of drug-likeness (QED) is 0.889. The second-order valence-corrected chi connectivity index (χ2v) is 9.91. The van der Waals surface area contributed by atoms with E-state index in [1.54, 1.807) is 0 Å². The molecule has 140 valence electrons. The lowest BCUT2D eigenvalue weighted by Gasteiger charge is -2.36. The van der Waals surface area contributed by atoms with Crippen molar-refractivity contribution in [2.45, 2.75) is 39.2 Å². The number of hydrogen-bond donors (Lipinski definition) is 1. The Morgan fingerprint density at radius 2 is 1.92 bits per heavy atom. The van der Waals surface area contributed by atoms with Gasteiger partial charge in [-0.3, -0.25) is 9.21 Å². The molecular weight excluding hydrogens is 336 g/mol. The van der Waals surface area contributed by atoms with Gasteiger partial charge in [-0.15, -0.1) is 0 Å². The standard InChI is InChI=1S/C19H30N2O3S/c1-14-9-15(2)12-20(11-14)13-19(22)17-6-7-18-16(10-17)5-4-8-21(18)25(3,23)24/h6-7,10,14-15,19,22H,4-5,8-9,11-13H2,1-3H3/t14-,15+,19-/m0/s1. The van der Waals surface area contributed by atoms with Gasteiger partial charge in [0.2, 0.25) is 10.0 Å². The van der Waals surface area contributed by atoms with Crippen LogP contribution in [0.25, 0.3) is 0 Å². The van der Waals surface area contributed by atoms with Crippen LogP contribution in [-0.4, -0.2) is 50.9 Å². The first kappa shape index (κ1) is 18.7. The van der Waals surface area contributed by atoms with Crippen molar-refractivity contribution in [2.75, 3.05) is 36.7 Å². The number of benzene rings is 1. The molecule has 0 bridgehead atoms. The Hall–Kier alpha value is -1.11. The zero-order chi connectivity index (χ0) is 18.2. The predicted molar refractivity (Wildman–Crippen MR) is 101 cm³/mol. The molecule has 0 radical (unpaired) electrons.